The van der Waals surface area contributed by atoms with E-state index in [0.717, 1.165) is 0 Å². The van der Waals surface area contributed by atoms with E-state index in [1.807, 2.05) is 6.92 Å². The largest absolute Gasteiger partial charge is 0.480 e. The summed E-state index contributed by atoms with van der Waals surface area (Å²) in [5.41, 5.74) is 0. The molecule has 1 amide bonds. The maximum atomic E-state index is 11.3. The van der Waals surface area contributed by atoms with Crippen LogP contribution in [-0.2, 0) is 19.1 Å². The summed E-state index contributed by atoms with van der Waals surface area (Å²) in [5, 5.41) is 19.0. The van der Waals surface area contributed by atoms with E-state index in [1.165, 1.54) is 0 Å². The lowest BCUT2D eigenvalue weighted by Crippen LogP contribution is -2.33. The average molecular weight is 318 g/mol. The number of carboxylic acid groups (broad SMARTS) is 2. The molecule has 126 valence electrons. The number of hydrogen-bond acceptors (Lipinski definition) is 6. The Morgan fingerprint density at radius 3 is 2.36 bits per heavy atom. The summed E-state index contributed by atoms with van der Waals surface area (Å²) in [6.07, 6.45) is -0.501. The summed E-state index contributed by atoms with van der Waals surface area (Å²) in [5.74, 6) is -2.11. The Morgan fingerprint density at radius 1 is 1.23 bits per heavy atom. The van der Waals surface area contributed by atoms with Gasteiger partial charge in [-0.05, 0) is 13.3 Å². The van der Waals surface area contributed by atoms with Gasteiger partial charge in [0.25, 0.3) is 0 Å². The lowest BCUT2D eigenvalue weighted by molar-refractivity contribution is -0.136. The third-order valence-electron chi connectivity index (χ3n) is 2.79. The van der Waals surface area contributed by atoms with Gasteiger partial charge in [-0.25, -0.2) is 9.79 Å². The van der Waals surface area contributed by atoms with Crippen LogP contribution in [0.4, 0.5) is 4.79 Å². The molecule has 0 bridgehead atoms. The number of carbonyl (C=O) groups is 3. The number of aliphatic carboxylic acids is 2. The number of amides is 1. The SMILES string of the molecule is CCC(COC(=O)NCC(=O)O)C(C)OC(C)=NCC(=O)O. The Bertz CT molecular complexity index is 423. The van der Waals surface area contributed by atoms with Crippen LogP contribution in [0.5, 0.6) is 0 Å². The highest BCUT2D eigenvalue weighted by molar-refractivity contribution is 5.78. The van der Waals surface area contributed by atoms with Crippen molar-refractivity contribution >= 4 is 23.9 Å². The highest BCUT2D eigenvalue weighted by atomic mass is 16.6. The van der Waals surface area contributed by atoms with Crippen molar-refractivity contribution in [3.63, 3.8) is 0 Å². The van der Waals surface area contributed by atoms with Gasteiger partial charge >= 0.3 is 18.0 Å². The zero-order valence-corrected chi connectivity index (χ0v) is 12.9. The lowest BCUT2D eigenvalue weighted by Gasteiger charge is -2.23. The molecule has 0 aromatic rings. The van der Waals surface area contributed by atoms with Crippen molar-refractivity contribution in [3.05, 3.63) is 0 Å². The van der Waals surface area contributed by atoms with Gasteiger partial charge in [-0.15, -0.1) is 0 Å². The Balaban J connectivity index is 4.27. The third-order valence-corrected chi connectivity index (χ3v) is 2.79. The number of nitrogens with zero attached hydrogens (tertiary/aromatic N) is 1. The van der Waals surface area contributed by atoms with Gasteiger partial charge in [0.1, 0.15) is 19.2 Å². The molecule has 0 aromatic carbocycles. The Labute approximate surface area is 128 Å². The minimum Gasteiger partial charge on any atom is -0.480 e. The number of carboxylic acids is 2. The number of hydrogen-bond donors (Lipinski definition) is 3. The molecule has 0 rings (SSSR count). The molecule has 9 nitrogen and oxygen atoms in total. The van der Waals surface area contributed by atoms with Crippen LogP contribution in [0.15, 0.2) is 4.99 Å². The van der Waals surface area contributed by atoms with E-state index in [1.54, 1.807) is 13.8 Å². The van der Waals surface area contributed by atoms with E-state index in [-0.39, 0.29) is 31.1 Å². The van der Waals surface area contributed by atoms with Crippen molar-refractivity contribution in [2.75, 3.05) is 19.7 Å². The van der Waals surface area contributed by atoms with Gasteiger partial charge in [0.2, 0.25) is 0 Å². The normalized spacial score (nSPS) is 13.9. The molecule has 9 heteroatoms. The van der Waals surface area contributed by atoms with Crippen molar-refractivity contribution in [2.24, 2.45) is 10.9 Å². The summed E-state index contributed by atoms with van der Waals surface area (Å²) in [6.45, 7) is 4.35. The molecule has 2 unspecified atom stereocenters. The quantitative estimate of drug-likeness (QED) is 0.421. The second kappa shape index (κ2) is 10.4. The predicted molar refractivity (Wildman–Crippen MR) is 76.9 cm³/mol. The van der Waals surface area contributed by atoms with Gasteiger partial charge in [-0.3, -0.25) is 9.59 Å². The molecule has 0 aromatic heterocycles. The van der Waals surface area contributed by atoms with E-state index in [4.69, 9.17) is 19.7 Å². The van der Waals surface area contributed by atoms with Gasteiger partial charge in [0, 0.05) is 12.8 Å². The summed E-state index contributed by atoms with van der Waals surface area (Å²) in [4.78, 5) is 35.7. The first-order valence-corrected chi connectivity index (χ1v) is 6.78. The molecule has 0 spiro atoms. The molecule has 0 saturated carbocycles. The number of nitrogens with one attached hydrogen (secondary N) is 1. The molecule has 0 aliphatic heterocycles. The summed E-state index contributed by atoms with van der Waals surface area (Å²) in [7, 11) is 0. The van der Waals surface area contributed by atoms with E-state index < -0.39 is 24.6 Å². The maximum absolute atomic E-state index is 11.3. The van der Waals surface area contributed by atoms with Crippen LogP contribution >= 0.6 is 0 Å². The van der Waals surface area contributed by atoms with Crippen LogP contribution in [-0.4, -0.2) is 59.9 Å². The van der Waals surface area contributed by atoms with Crippen LogP contribution in [0, 0.1) is 5.92 Å². The molecule has 2 atom stereocenters. The highest BCUT2D eigenvalue weighted by Crippen LogP contribution is 2.13. The fraction of sp³-hybridized carbons (Fsp3) is 0.692. The van der Waals surface area contributed by atoms with E-state index >= 15 is 0 Å². The van der Waals surface area contributed by atoms with Crippen molar-refractivity contribution in [3.8, 4) is 0 Å². The molecule has 0 saturated heterocycles. The number of carbonyl (C=O) groups excluding carboxylic acids is 1. The number of alkyl carbamates (subject to hydrolysis) is 1. The minimum atomic E-state index is -1.16. The maximum Gasteiger partial charge on any atom is 0.407 e. The van der Waals surface area contributed by atoms with Gasteiger partial charge in [-0.1, -0.05) is 6.92 Å². The summed E-state index contributed by atoms with van der Waals surface area (Å²) >= 11 is 0. The monoisotopic (exact) mass is 318 g/mol. The first-order chi connectivity index (χ1) is 10.3. The van der Waals surface area contributed by atoms with Gasteiger partial charge in [0.15, 0.2) is 5.90 Å². The minimum absolute atomic E-state index is 0.0509. The molecule has 0 aliphatic rings. The third kappa shape index (κ3) is 9.56. The molecule has 3 N–H and O–H groups in total. The first-order valence-electron chi connectivity index (χ1n) is 6.78. The Morgan fingerprint density at radius 2 is 1.86 bits per heavy atom. The Kier molecular flexibility index (Phi) is 9.31. The van der Waals surface area contributed by atoms with Crippen LogP contribution in [0.25, 0.3) is 0 Å². The van der Waals surface area contributed by atoms with Crippen LogP contribution in [0.3, 0.4) is 0 Å². The standard InChI is InChI=1S/C13H22N2O7/c1-4-10(7-21-13(20)15-6-12(18)19)8(2)22-9(3)14-5-11(16)17/h8,10H,4-7H2,1-3H3,(H,15,20)(H,16,17)(H,18,19). The highest BCUT2D eigenvalue weighted by Gasteiger charge is 2.20. The van der Waals surface area contributed by atoms with Crippen molar-refractivity contribution in [1.29, 1.82) is 0 Å². The van der Waals surface area contributed by atoms with Gasteiger partial charge in [-0.2, -0.15) is 0 Å². The summed E-state index contributed by atoms with van der Waals surface area (Å²) < 4.78 is 10.4. The molecular formula is C13H22N2O7. The second-order valence-electron chi connectivity index (χ2n) is 4.57. The van der Waals surface area contributed by atoms with Gasteiger partial charge < -0.3 is 25.0 Å². The molecule has 0 radical (unpaired) electrons. The zero-order chi connectivity index (χ0) is 17.1. The van der Waals surface area contributed by atoms with E-state index in [9.17, 15) is 14.4 Å². The lowest BCUT2D eigenvalue weighted by atomic mass is 10.0. The topological polar surface area (TPSA) is 135 Å². The molecule has 22 heavy (non-hydrogen) atoms. The fourth-order valence-corrected chi connectivity index (χ4v) is 1.55. The molecule has 0 heterocycles. The van der Waals surface area contributed by atoms with Crippen LogP contribution in [0.2, 0.25) is 0 Å². The summed E-state index contributed by atoms with van der Waals surface area (Å²) in [6, 6.07) is 0. The second-order valence-corrected chi connectivity index (χ2v) is 4.57. The average Bonchev–Trinajstić information content (AvgIpc) is 2.43. The smallest absolute Gasteiger partial charge is 0.407 e. The molecule has 0 aliphatic carbocycles. The number of ether oxygens (including phenoxy) is 2. The number of rotatable bonds is 9. The number of aliphatic imine (C=N–C) groups is 1. The molecular weight excluding hydrogens is 296 g/mol. The fourth-order valence-electron chi connectivity index (χ4n) is 1.55. The van der Waals surface area contributed by atoms with E-state index in [2.05, 4.69) is 10.3 Å². The van der Waals surface area contributed by atoms with Crippen molar-refractivity contribution in [1.82, 2.24) is 5.32 Å². The van der Waals surface area contributed by atoms with Gasteiger partial charge in [0.05, 0.1) is 6.61 Å². The van der Waals surface area contributed by atoms with Crippen LogP contribution < -0.4 is 5.32 Å². The zero-order valence-electron chi connectivity index (χ0n) is 12.9. The Hall–Kier alpha value is -2.32. The predicted octanol–water partition coefficient (Wildman–Crippen LogP) is 0.732. The van der Waals surface area contributed by atoms with Crippen molar-refractivity contribution in [2.45, 2.75) is 33.3 Å². The molecule has 0 fully saturated rings. The van der Waals surface area contributed by atoms with Crippen LogP contribution in [0.1, 0.15) is 27.2 Å². The first kappa shape index (κ1) is 19.7. The van der Waals surface area contributed by atoms with Crippen molar-refractivity contribution < 1.29 is 34.1 Å². The van der Waals surface area contributed by atoms with E-state index in [0.29, 0.717) is 6.42 Å².